The van der Waals surface area contributed by atoms with Gasteiger partial charge in [-0.3, -0.25) is 19.3 Å². The van der Waals surface area contributed by atoms with Crippen LogP contribution >= 0.6 is 0 Å². The van der Waals surface area contributed by atoms with E-state index >= 15 is 0 Å². The van der Waals surface area contributed by atoms with Crippen molar-refractivity contribution in [3.8, 4) is 5.75 Å². The summed E-state index contributed by atoms with van der Waals surface area (Å²) in [4.78, 5) is 27.9. The number of benzene rings is 3. The maximum atomic E-state index is 14.9. The van der Waals surface area contributed by atoms with E-state index in [1.165, 1.54) is 29.1 Å². The van der Waals surface area contributed by atoms with E-state index < -0.39 is 34.3 Å². The van der Waals surface area contributed by atoms with Crippen molar-refractivity contribution in [3.05, 3.63) is 134 Å². The number of pyridine rings is 1. The van der Waals surface area contributed by atoms with E-state index in [9.17, 15) is 23.5 Å². The van der Waals surface area contributed by atoms with Gasteiger partial charge in [-0.05, 0) is 59.7 Å². The number of aromatic nitrogens is 1. The number of halogens is 2. The van der Waals surface area contributed by atoms with E-state index in [0.29, 0.717) is 24.0 Å². The molecule has 1 aromatic heterocycles. The van der Waals surface area contributed by atoms with Crippen molar-refractivity contribution in [1.29, 1.82) is 0 Å². The normalized spacial score (nSPS) is 21.0. The molecule has 2 atom stereocenters. The third-order valence-corrected chi connectivity index (χ3v) is 8.48. The van der Waals surface area contributed by atoms with Crippen LogP contribution in [-0.4, -0.2) is 27.3 Å². The van der Waals surface area contributed by atoms with E-state index in [1.807, 2.05) is 60.5 Å². The van der Waals surface area contributed by atoms with Gasteiger partial charge >= 0.3 is 0 Å². The quantitative estimate of drug-likeness (QED) is 0.432. The van der Waals surface area contributed by atoms with Gasteiger partial charge in [-0.25, -0.2) is 8.78 Å². The van der Waals surface area contributed by atoms with Gasteiger partial charge in [0.2, 0.25) is 5.43 Å². The second-order valence-corrected chi connectivity index (χ2v) is 10.7. The Morgan fingerprint density at radius 2 is 1.69 bits per heavy atom. The van der Waals surface area contributed by atoms with Crippen LogP contribution < -0.4 is 10.4 Å². The van der Waals surface area contributed by atoms with E-state index in [2.05, 4.69) is 0 Å². The molecule has 0 saturated heterocycles. The monoisotopic (exact) mass is 525 g/mol. The molecule has 1 amide bonds. The second kappa shape index (κ2) is 8.27. The lowest BCUT2D eigenvalue weighted by Crippen LogP contribution is -2.63. The lowest BCUT2D eigenvalue weighted by molar-refractivity contribution is 0.0630. The molecule has 0 bridgehead atoms. The van der Waals surface area contributed by atoms with Gasteiger partial charge in [0.25, 0.3) is 5.91 Å². The van der Waals surface area contributed by atoms with Crippen LogP contribution in [0, 0.1) is 24.5 Å². The molecule has 1 aliphatic heterocycles. The topological polar surface area (TPSA) is 65.8 Å². The molecule has 0 radical (unpaired) electrons. The van der Waals surface area contributed by atoms with Crippen LogP contribution in [0.25, 0.3) is 0 Å². The molecule has 196 valence electrons. The van der Waals surface area contributed by atoms with Gasteiger partial charge in [-0.1, -0.05) is 54.1 Å². The van der Waals surface area contributed by atoms with Crippen molar-refractivity contribution in [2.24, 2.45) is 5.92 Å². The number of amides is 1. The van der Waals surface area contributed by atoms with Gasteiger partial charge in [-0.2, -0.15) is 0 Å². The number of hydrogen-bond donors (Lipinski definition) is 1. The van der Waals surface area contributed by atoms with Crippen LogP contribution in [0.15, 0.2) is 77.7 Å². The highest BCUT2D eigenvalue weighted by atomic mass is 19.2. The third kappa shape index (κ3) is 3.24. The number of carbonyl (C=O) groups excluding carboxylic acids is 1. The Balaban J connectivity index is 1.49. The van der Waals surface area contributed by atoms with Crippen LogP contribution in [0.3, 0.4) is 0 Å². The zero-order valence-corrected chi connectivity index (χ0v) is 21.2. The van der Waals surface area contributed by atoms with Gasteiger partial charge in [0.05, 0.1) is 0 Å². The standard InChI is InChI=1S/C31H25F2N3O3/c1-18-5-4-6-19(11-18)16-34-17-36(35-10-9-27(37)29(38)28(35)30(34)39)31-22(12-20-7-2-3-8-23(20)31)13-21-14-25(32)26(33)15-24(21)31/h2-11,14-15,22,38H,12-13,16-17H2,1H3. The highest BCUT2D eigenvalue weighted by molar-refractivity contribution is 5.96. The summed E-state index contributed by atoms with van der Waals surface area (Å²) in [7, 11) is 0. The van der Waals surface area contributed by atoms with Crippen LogP contribution in [0.4, 0.5) is 8.78 Å². The van der Waals surface area contributed by atoms with Gasteiger partial charge in [0.15, 0.2) is 23.1 Å². The summed E-state index contributed by atoms with van der Waals surface area (Å²) in [5, 5.41) is 12.8. The van der Waals surface area contributed by atoms with Crippen LogP contribution in [0.5, 0.6) is 5.75 Å². The number of carbonyl (C=O) groups is 1. The summed E-state index contributed by atoms with van der Waals surface area (Å²) in [6.45, 7) is 2.31. The minimum absolute atomic E-state index is 0.0884. The molecule has 0 fully saturated rings. The molecule has 2 heterocycles. The molecule has 7 rings (SSSR count). The predicted octanol–water partition coefficient (Wildman–Crippen LogP) is 4.36. The summed E-state index contributed by atoms with van der Waals surface area (Å²) < 4.78 is 30.8. The Hall–Kier alpha value is -4.46. The Morgan fingerprint density at radius 3 is 2.51 bits per heavy atom. The van der Waals surface area contributed by atoms with Crippen molar-refractivity contribution in [2.75, 3.05) is 11.7 Å². The first-order valence-corrected chi connectivity index (χ1v) is 12.9. The average molecular weight is 526 g/mol. The Labute approximate surface area is 223 Å². The molecule has 0 spiro atoms. The largest absolute Gasteiger partial charge is 0.502 e. The Bertz CT molecular complexity index is 1750. The number of fused-ring (bicyclic) bond motifs is 6. The summed E-state index contributed by atoms with van der Waals surface area (Å²) in [5.41, 5.74) is 3.55. The van der Waals surface area contributed by atoms with Crippen LogP contribution in [-0.2, 0) is 24.9 Å². The van der Waals surface area contributed by atoms with Crippen molar-refractivity contribution in [3.63, 3.8) is 0 Å². The first kappa shape index (κ1) is 23.6. The van der Waals surface area contributed by atoms with Gasteiger partial charge in [-0.15, -0.1) is 0 Å². The molecule has 39 heavy (non-hydrogen) atoms. The van der Waals surface area contributed by atoms with E-state index in [-0.39, 0.29) is 24.8 Å². The summed E-state index contributed by atoms with van der Waals surface area (Å²) in [6, 6.07) is 19.5. The number of aromatic hydroxyl groups is 1. The molecule has 1 N–H and O–H groups in total. The fraction of sp³-hybridized carbons (Fsp3) is 0.226. The molecule has 3 aromatic carbocycles. The van der Waals surface area contributed by atoms with E-state index in [0.717, 1.165) is 22.3 Å². The van der Waals surface area contributed by atoms with E-state index in [4.69, 9.17) is 0 Å². The highest BCUT2D eigenvalue weighted by Crippen LogP contribution is 2.57. The van der Waals surface area contributed by atoms with Crippen molar-refractivity contribution >= 4 is 5.91 Å². The molecule has 8 heteroatoms. The first-order chi connectivity index (χ1) is 18.8. The fourth-order valence-corrected chi connectivity index (χ4v) is 6.95. The average Bonchev–Trinajstić information content (AvgIpc) is 3.39. The minimum atomic E-state index is -0.956. The molecule has 3 aliphatic rings. The van der Waals surface area contributed by atoms with Crippen LogP contribution in [0.2, 0.25) is 0 Å². The summed E-state index contributed by atoms with van der Waals surface area (Å²) in [6.07, 6.45) is 2.69. The zero-order chi connectivity index (χ0) is 27.1. The number of rotatable bonds is 3. The lowest BCUT2D eigenvalue weighted by Gasteiger charge is -2.50. The Morgan fingerprint density at radius 1 is 0.923 bits per heavy atom. The summed E-state index contributed by atoms with van der Waals surface area (Å²) >= 11 is 0. The molecule has 0 saturated carbocycles. The maximum absolute atomic E-state index is 14.9. The molecule has 4 aromatic rings. The molecular formula is C31H25F2N3O3. The molecule has 6 nitrogen and oxygen atoms in total. The van der Waals surface area contributed by atoms with Gasteiger partial charge in [0, 0.05) is 24.7 Å². The minimum Gasteiger partial charge on any atom is -0.502 e. The Kier molecular flexibility index (Phi) is 5.01. The summed E-state index contributed by atoms with van der Waals surface area (Å²) in [5.74, 6) is -3.04. The van der Waals surface area contributed by atoms with Gasteiger partial charge in [0.1, 0.15) is 12.2 Å². The molecular weight excluding hydrogens is 500 g/mol. The van der Waals surface area contributed by atoms with Crippen molar-refractivity contribution < 1.29 is 18.7 Å². The number of aryl methyl sites for hydroxylation is 1. The lowest BCUT2D eigenvalue weighted by atomic mass is 9.81. The third-order valence-electron chi connectivity index (χ3n) is 8.48. The number of nitrogens with zero attached hydrogens (tertiary/aromatic N) is 3. The maximum Gasteiger partial charge on any atom is 0.278 e. The first-order valence-electron chi connectivity index (χ1n) is 12.9. The smallest absolute Gasteiger partial charge is 0.278 e. The zero-order valence-electron chi connectivity index (χ0n) is 21.2. The van der Waals surface area contributed by atoms with Crippen molar-refractivity contribution in [2.45, 2.75) is 31.8 Å². The molecule has 2 unspecified atom stereocenters. The fourth-order valence-electron chi connectivity index (χ4n) is 6.95. The highest BCUT2D eigenvalue weighted by Gasteiger charge is 2.59. The molecule has 2 aliphatic carbocycles. The predicted molar refractivity (Wildman–Crippen MR) is 141 cm³/mol. The number of hydrogen-bond acceptors (Lipinski definition) is 4. The van der Waals surface area contributed by atoms with Gasteiger partial charge < -0.3 is 10.0 Å². The van der Waals surface area contributed by atoms with Crippen molar-refractivity contribution in [1.82, 2.24) is 9.58 Å². The van der Waals surface area contributed by atoms with Crippen LogP contribution in [0.1, 0.15) is 43.9 Å². The van der Waals surface area contributed by atoms with E-state index in [1.54, 1.807) is 4.90 Å². The SMILES string of the molecule is Cc1cccc(CN2CN(C34c5ccccc5CC3Cc3cc(F)c(F)cc34)n3ccc(=O)c(O)c3C2=O)c1. The second-order valence-electron chi connectivity index (χ2n) is 10.7.